The molecule has 9 heteroatoms. The summed E-state index contributed by atoms with van der Waals surface area (Å²) in [4.78, 5) is 3.82. The van der Waals surface area contributed by atoms with Crippen molar-refractivity contribution in [2.45, 2.75) is 6.92 Å². The van der Waals surface area contributed by atoms with Crippen LogP contribution in [0.5, 0.6) is 0 Å². The molecule has 0 saturated carbocycles. The minimum atomic E-state index is -4.06. The minimum absolute atomic E-state index is 0.128. The first kappa shape index (κ1) is 14.4. The maximum absolute atomic E-state index is 11.6. The van der Waals surface area contributed by atoms with Gasteiger partial charge in [0.2, 0.25) is 20.0 Å². The summed E-state index contributed by atoms with van der Waals surface area (Å²) in [6.45, 7) is 1.56. The van der Waals surface area contributed by atoms with Gasteiger partial charge in [0, 0.05) is 11.9 Å². The average Bonchev–Trinajstić information content (AvgIpc) is 2.13. The van der Waals surface area contributed by atoms with Crippen molar-refractivity contribution in [3.63, 3.8) is 0 Å². The van der Waals surface area contributed by atoms with Crippen molar-refractivity contribution in [1.82, 2.24) is 4.98 Å². The molecule has 0 aliphatic rings. The van der Waals surface area contributed by atoms with Crippen LogP contribution in [0.25, 0.3) is 0 Å². The monoisotopic (exact) mass is 289 g/mol. The smallest absolute Gasteiger partial charge is 0.245 e. The molecule has 0 atom stereocenters. The predicted octanol–water partition coefficient (Wildman–Crippen LogP) is -0.0127. The molecule has 1 aromatic heterocycles. The molecule has 1 rings (SSSR count). The summed E-state index contributed by atoms with van der Waals surface area (Å²) in [7, 11) is -8.12. The third-order valence-electron chi connectivity index (χ3n) is 1.94. The van der Waals surface area contributed by atoms with Gasteiger partial charge in [0.25, 0.3) is 0 Å². The fourth-order valence-corrected chi connectivity index (χ4v) is 4.37. The zero-order valence-corrected chi connectivity index (χ0v) is 11.6. The van der Waals surface area contributed by atoms with Crippen molar-refractivity contribution in [3.05, 3.63) is 23.5 Å². The molecule has 18 heavy (non-hydrogen) atoms. The number of nitriles is 1. The SMILES string of the molecule is Cc1cc(N(S(C)(=O)=O)S(C)(=O)=O)c(C#N)cn1. The Balaban J connectivity index is 3.71. The molecule has 0 aromatic carbocycles. The number of nitrogens with zero attached hydrogens (tertiary/aromatic N) is 3. The Morgan fingerprint density at radius 2 is 1.72 bits per heavy atom. The molecule has 0 aliphatic carbocycles. The van der Waals surface area contributed by atoms with Crippen LogP contribution in [0.15, 0.2) is 12.3 Å². The molecule has 7 nitrogen and oxygen atoms in total. The summed E-state index contributed by atoms with van der Waals surface area (Å²) in [5, 5.41) is 8.88. The van der Waals surface area contributed by atoms with Crippen LogP contribution in [0.4, 0.5) is 5.69 Å². The minimum Gasteiger partial charge on any atom is -0.260 e. The number of sulfonamides is 2. The Labute approximate surface area is 106 Å². The van der Waals surface area contributed by atoms with Crippen LogP contribution in [0, 0.1) is 18.3 Å². The standard InChI is InChI=1S/C9H11N3O4S2/c1-7-4-9(8(5-10)6-11-7)12(17(2,13)14)18(3,15)16/h4,6H,1-3H3. The topological polar surface area (TPSA) is 108 Å². The quantitative estimate of drug-likeness (QED) is 0.774. The molecular weight excluding hydrogens is 278 g/mol. The van der Waals surface area contributed by atoms with E-state index in [-0.39, 0.29) is 15.0 Å². The van der Waals surface area contributed by atoms with Crippen molar-refractivity contribution in [1.29, 1.82) is 5.26 Å². The van der Waals surface area contributed by atoms with Gasteiger partial charge in [-0.05, 0) is 13.0 Å². The number of rotatable bonds is 3. The Morgan fingerprint density at radius 1 is 1.22 bits per heavy atom. The van der Waals surface area contributed by atoms with Gasteiger partial charge in [-0.3, -0.25) is 4.98 Å². The van der Waals surface area contributed by atoms with E-state index in [9.17, 15) is 16.8 Å². The first-order valence-electron chi connectivity index (χ1n) is 4.64. The fraction of sp³-hybridized carbons (Fsp3) is 0.333. The van der Waals surface area contributed by atoms with Crippen molar-refractivity contribution >= 4 is 25.7 Å². The second-order valence-corrected chi connectivity index (χ2v) is 7.57. The van der Waals surface area contributed by atoms with E-state index < -0.39 is 20.0 Å². The lowest BCUT2D eigenvalue weighted by Crippen LogP contribution is -2.35. The largest absolute Gasteiger partial charge is 0.260 e. The van der Waals surface area contributed by atoms with E-state index in [2.05, 4.69) is 4.98 Å². The van der Waals surface area contributed by atoms with Gasteiger partial charge in [0.05, 0.1) is 23.8 Å². The number of hydrogen-bond acceptors (Lipinski definition) is 6. The van der Waals surface area contributed by atoms with Gasteiger partial charge in [-0.25, -0.2) is 16.8 Å². The predicted molar refractivity (Wildman–Crippen MR) is 65.9 cm³/mol. The molecule has 0 bridgehead atoms. The zero-order chi connectivity index (χ0) is 14.1. The van der Waals surface area contributed by atoms with Gasteiger partial charge in [-0.1, -0.05) is 0 Å². The molecular formula is C9H11N3O4S2. The van der Waals surface area contributed by atoms with Gasteiger partial charge in [-0.15, -0.1) is 0 Å². The Hall–Kier alpha value is -1.66. The summed E-state index contributed by atoms with van der Waals surface area (Å²) < 4.78 is 46.5. The van der Waals surface area contributed by atoms with E-state index in [0.29, 0.717) is 5.69 Å². The van der Waals surface area contributed by atoms with E-state index in [4.69, 9.17) is 5.26 Å². The highest BCUT2D eigenvalue weighted by atomic mass is 32.3. The van der Waals surface area contributed by atoms with Gasteiger partial charge >= 0.3 is 0 Å². The van der Waals surface area contributed by atoms with Crippen molar-refractivity contribution in [2.75, 3.05) is 16.2 Å². The Bertz CT molecular complexity index is 685. The van der Waals surface area contributed by atoms with Crippen molar-refractivity contribution < 1.29 is 16.8 Å². The Kier molecular flexibility index (Phi) is 3.64. The van der Waals surface area contributed by atoms with Crippen LogP contribution in [-0.4, -0.2) is 34.3 Å². The highest BCUT2D eigenvalue weighted by molar-refractivity contribution is 8.09. The molecule has 1 aromatic rings. The summed E-state index contributed by atoms with van der Waals surface area (Å²) in [6, 6.07) is 2.95. The summed E-state index contributed by atoms with van der Waals surface area (Å²) in [6.07, 6.45) is 2.64. The fourth-order valence-electron chi connectivity index (χ4n) is 1.39. The van der Waals surface area contributed by atoms with Gasteiger partial charge in [0.15, 0.2) is 0 Å². The molecule has 0 fully saturated rings. The van der Waals surface area contributed by atoms with Gasteiger partial charge < -0.3 is 0 Å². The summed E-state index contributed by atoms with van der Waals surface area (Å²) >= 11 is 0. The van der Waals surface area contributed by atoms with Crippen molar-refractivity contribution in [3.8, 4) is 6.07 Å². The molecule has 0 aliphatic heterocycles. The van der Waals surface area contributed by atoms with E-state index in [1.165, 1.54) is 6.07 Å². The molecule has 0 spiro atoms. The van der Waals surface area contributed by atoms with Gasteiger partial charge in [-0.2, -0.15) is 8.97 Å². The molecule has 0 N–H and O–H groups in total. The van der Waals surface area contributed by atoms with Crippen LogP contribution in [0.3, 0.4) is 0 Å². The highest BCUT2D eigenvalue weighted by Crippen LogP contribution is 2.25. The normalized spacial score (nSPS) is 11.9. The van der Waals surface area contributed by atoms with Crippen molar-refractivity contribution in [2.24, 2.45) is 0 Å². The summed E-state index contributed by atoms with van der Waals surface area (Å²) in [5.41, 5.74) is 0.0627. The number of hydrogen-bond donors (Lipinski definition) is 0. The third-order valence-corrected chi connectivity index (χ3v) is 5.16. The lowest BCUT2D eigenvalue weighted by Gasteiger charge is -2.20. The highest BCUT2D eigenvalue weighted by Gasteiger charge is 2.29. The molecule has 98 valence electrons. The molecule has 0 unspecified atom stereocenters. The van der Waals surface area contributed by atoms with Crippen LogP contribution in [0.2, 0.25) is 0 Å². The average molecular weight is 289 g/mol. The second kappa shape index (κ2) is 4.55. The van der Waals surface area contributed by atoms with Crippen LogP contribution in [0.1, 0.15) is 11.3 Å². The number of anilines is 1. The lowest BCUT2D eigenvalue weighted by atomic mass is 10.2. The van der Waals surface area contributed by atoms with E-state index in [1.54, 1.807) is 13.0 Å². The maximum Gasteiger partial charge on any atom is 0.245 e. The van der Waals surface area contributed by atoms with Gasteiger partial charge in [0.1, 0.15) is 6.07 Å². The zero-order valence-electron chi connectivity index (χ0n) is 9.95. The van der Waals surface area contributed by atoms with Crippen LogP contribution < -0.4 is 3.71 Å². The molecule has 0 radical (unpaired) electrons. The van der Waals surface area contributed by atoms with E-state index in [1.807, 2.05) is 0 Å². The Morgan fingerprint density at radius 3 is 2.11 bits per heavy atom. The molecule has 0 amide bonds. The number of aromatic nitrogens is 1. The first-order valence-corrected chi connectivity index (χ1v) is 8.34. The lowest BCUT2D eigenvalue weighted by molar-refractivity contribution is 0.590. The number of pyridine rings is 1. The first-order chi connectivity index (χ1) is 8.07. The van der Waals surface area contributed by atoms with E-state index in [0.717, 1.165) is 18.7 Å². The number of aryl methyl sites for hydroxylation is 1. The molecule has 0 saturated heterocycles. The third kappa shape index (κ3) is 2.96. The summed E-state index contributed by atoms with van der Waals surface area (Å²) in [5.74, 6) is 0. The van der Waals surface area contributed by atoms with Crippen LogP contribution in [-0.2, 0) is 20.0 Å². The molecule has 1 heterocycles. The maximum atomic E-state index is 11.6. The van der Waals surface area contributed by atoms with E-state index >= 15 is 0 Å². The van der Waals surface area contributed by atoms with Crippen LogP contribution >= 0.6 is 0 Å². The second-order valence-electron chi connectivity index (χ2n) is 3.68.